The topological polar surface area (TPSA) is 52.7 Å². The summed E-state index contributed by atoms with van der Waals surface area (Å²) in [7, 11) is 1.71. The summed E-state index contributed by atoms with van der Waals surface area (Å²) in [4.78, 5) is 21.9. The first-order valence-corrected chi connectivity index (χ1v) is 9.40. The molecule has 9 heteroatoms. The van der Waals surface area contributed by atoms with Crippen molar-refractivity contribution in [1.29, 1.82) is 0 Å². The molecule has 1 saturated carbocycles. The Balaban J connectivity index is 1.91. The highest BCUT2D eigenvalue weighted by Gasteiger charge is 2.43. The van der Waals surface area contributed by atoms with Crippen molar-refractivity contribution >= 4 is 22.8 Å². The molecule has 0 spiro atoms. The average molecular weight is 411 g/mol. The molecular weight excluding hydrogens is 393 g/mol. The van der Waals surface area contributed by atoms with Crippen LogP contribution in [-0.2, 0) is 7.05 Å². The van der Waals surface area contributed by atoms with Crippen molar-refractivity contribution in [3.05, 3.63) is 51.8 Å². The number of alkyl halides is 3. The zero-order chi connectivity index (χ0) is 20.1. The van der Waals surface area contributed by atoms with E-state index in [0.29, 0.717) is 35.0 Å². The summed E-state index contributed by atoms with van der Waals surface area (Å²) < 4.78 is 43.0. The van der Waals surface area contributed by atoms with Gasteiger partial charge in [-0.15, -0.1) is 0 Å². The zero-order valence-corrected chi connectivity index (χ0v) is 15.8. The number of hydrogen-bond acceptors (Lipinski definition) is 3. The lowest BCUT2D eigenvalue weighted by Gasteiger charge is -2.31. The van der Waals surface area contributed by atoms with Crippen LogP contribution in [0.3, 0.4) is 0 Å². The van der Waals surface area contributed by atoms with Crippen molar-refractivity contribution in [2.24, 2.45) is 13.0 Å². The second-order valence-corrected chi connectivity index (χ2v) is 7.65. The van der Waals surface area contributed by atoms with E-state index in [9.17, 15) is 18.0 Å². The van der Waals surface area contributed by atoms with E-state index in [1.807, 2.05) is 0 Å². The summed E-state index contributed by atoms with van der Waals surface area (Å²) in [6, 6.07) is 6.59. The third-order valence-electron chi connectivity index (χ3n) is 5.35. The van der Waals surface area contributed by atoms with Gasteiger partial charge in [0.15, 0.2) is 11.2 Å². The van der Waals surface area contributed by atoms with Gasteiger partial charge in [0.25, 0.3) is 5.56 Å². The summed E-state index contributed by atoms with van der Waals surface area (Å²) in [5, 5.41) is 0.500. The maximum atomic E-state index is 13.3. The predicted molar refractivity (Wildman–Crippen MR) is 99.9 cm³/mol. The molecule has 3 aromatic rings. The molecule has 0 bridgehead atoms. The van der Waals surface area contributed by atoms with Crippen molar-refractivity contribution < 1.29 is 13.2 Å². The van der Waals surface area contributed by atoms with Crippen LogP contribution in [0.2, 0.25) is 5.02 Å². The van der Waals surface area contributed by atoms with Gasteiger partial charge < -0.3 is 4.57 Å². The van der Waals surface area contributed by atoms with E-state index in [4.69, 9.17) is 11.6 Å². The SMILES string of the molecule is Cn1cnc2c(=O)n(-c3ccc(Cl)cc3)c([C@H]3CCC[C@H](C(F)(F)F)C3)nc21. The highest BCUT2D eigenvalue weighted by molar-refractivity contribution is 6.30. The summed E-state index contributed by atoms with van der Waals surface area (Å²) >= 11 is 5.95. The molecule has 1 aromatic carbocycles. The number of rotatable bonds is 2. The van der Waals surface area contributed by atoms with Crippen LogP contribution >= 0.6 is 11.6 Å². The smallest absolute Gasteiger partial charge is 0.318 e. The van der Waals surface area contributed by atoms with E-state index in [2.05, 4.69) is 9.97 Å². The zero-order valence-electron chi connectivity index (χ0n) is 15.1. The van der Waals surface area contributed by atoms with Gasteiger partial charge in [-0.05, 0) is 43.5 Å². The molecule has 1 aliphatic carbocycles. The molecule has 1 aliphatic rings. The van der Waals surface area contributed by atoms with Gasteiger partial charge in [0.2, 0.25) is 0 Å². The van der Waals surface area contributed by atoms with Gasteiger partial charge in [-0.3, -0.25) is 9.36 Å². The highest BCUT2D eigenvalue weighted by atomic mass is 35.5. The van der Waals surface area contributed by atoms with Crippen molar-refractivity contribution in [3.8, 4) is 5.69 Å². The van der Waals surface area contributed by atoms with Crippen LogP contribution in [-0.4, -0.2) is 25.3 Å². The minimum atomic E-state index is -4.25. The summed E-state index contributed by atoms with van der Waals surface area (Å²) in [6.07, 6.45) is -1.74. The standard InChI is InChI=1S/C19H18ClF3N4O/c1-26-10-24-15-17(26)25-16(11-3-2-4-12(9-11)19(21,22)23)27(18(15)28)14-7-5-13(20)6-8-14/h5-8,10-12H,2-4,9H2,1H3/t11-,12-/m0/s1. The monoisotopic (exact) mass is 410 g/mol. The normalized spacial score (nSPS) is 20.6. The average Bonchev–Trinajstić information content (AvgIpc) is 3.03. The Morgan fingerprint density at radius 2 is 1.89 bits per heavy atom. The highest BCUT2D eigenvalue weighted by Crippen LogP contribution is 2.43. The van der Waals surface area contributed by atoms with Crippen LogP contribution < -0.4 is 5.56 Å². The maximum Gasteiger partial charge on any atom is 0.391 e. The van der Waals surface area contributed by atoms with Gasteiger partial charge in [-0.2, -0.15) is 13.2 Å². The third-order valence-corrected chi connectivity index (χ3v) is 5.60. The van der Waals surface area contributed by atoms with Crippen LogP contribution in [0.15, 0.2) is 35.4 Å². The first kappa shape index (κ1) is 19.0. The molecule has 0 radical (unpaired) electrons. The number of aromatic nitrogens is 4. The molecule has 2 heterocycles. The maximum absolute atomic E-state index is 13.3. The van der Waals surface area contributed by atoms with Crippen LogP contribution in [0.25, 0.3) is 16.9 Å². The van der Waals surface area contributed by atoms with Gasteiger partial charge in [-0.1, -0.05) is 18.0 Å². The van der Waals surface area contributed by atoms with Crippen LogP contribution in [0, 0.1) is 5.92 Å². The van der Waals surface area contributed by atoms with E-state index in [0.717, 1.165) is 0 Å². The van der Waals surface area contributed by atoms with E-state index < -0.39 is 23.6 Å². The summed E-state index contributed by atoms with van der Waals surface area (Å²) in [5.74, 6) is -1.51. The Morgan fingerprint density at radius 1 is 1.18 bits per heavy atom. The van der Waals surface area contributed by atoms with Gasteiger partial charge in [0, 0.05) is 18.0 Å². The van der Waals surface area contributed by atoms with Gasteiger partial charge >= 0.3 is 6.18 Å². The molecule has 28 heavy (non-hydrogen) atoms. The molecule has 1 fully saturated rings. The van der Waals surface area contributed by atoms with Gasteiger partial charge in [0.05, 0.1) is 17.9 Å². The molecule has 0 aliphatic heterocycles. The third kappa shape index (κ3) is 3.30. The molecule has 0 unspecified atom stereocenters. The lowest BCUT2D eigenvalue weighted by Crippen LogP contribution is -2.32. The molecule has 148 valence electrons. The Labute approximate surface area is 163 Å². The lowest BCUT2D eigenvalue weighted by atomic mass is 9.80. The van der Waals surface area contributed by atoms with E-state index in [-0.39, 0.29) is 18.4 Å². The van der Waals surface area contributed by atoms with Crippen molar-refractivity contribution in [2.75, 3.05) is 0 Å². The van der Waals surface area contributed by atoms with E-state index in [1.54, 1.807) is 35.9 Å². The number of hydrogen-bond donors (Lipinski definition) is 0. The number of fused-ring (bicyclic) bond motifs is 1. The van der Waals surface area contributed by atoms with Gasteiger partial charge in [0.1, 0.15) is 5.82 Å². The number of benzene rings is 1. The number of nitrogens with zero attached hydrogens (tertiary/aromatic N) is 4. The molecule has 0 amide bonds. The lowest BCUT2D eigenvalue weighted by molar-refractivity contribution is -0.183. The molecule has 0 saturated heterocycles. The Bertz CT molecular complexity index is 1070. The predicted octanol–water partition coefficient (Wildman–Crippen LogP) is 4.61. The fourth-order valence-corrected chi connectivity index (χ4v) is 4.04. The second-order valence-electron chi connectivity index (χ2n) is 7.22. The Morgan fingerprint density at radius 3 is 2.57 bits per heavy atom. The fraction of sp³-hybridized carbons (Fsp3) is 0.421. The molecule has 4 rings (SSSR count). The summed E-state index contributed by atoms with van der Waals surface area (Å²) in [5.41, 5.74) is 0.680. The number of halogens is 4. The molecule has 0 N–H and O–H groups in total. The number of imidazole rings is 1. The molecule has 5 nitrogen and oxygen atoms in total. The molecular formula is C19H18ClF3N4O. The van der Waals surface area contributed by atoms with Crippen molar-refractivity contribution in [2.45, 2.75) is 37.8 Å². The van der Waals surface area contributed by atoms with Crippen LogP contribution in [0.5, 0.6) is 0 Å². The molecule has 2 atom stereocenters. The number of aryl methyl sites for hydroxylation is 1. The largest absolute Gasteiger partial charge is 0.391 e. The van der Waals surface area contributed by atoms with Crippen molar-refractivity contribution in [1.82, 2.24) is 19.1 Å². The van der Waals surface area contributed by atoms with Crippen LogP contribution in [0.1, 0.15) is 37.4 Å². The van der Waals surface area contributed by atoms with E-state index in [1.165, 1.54) is 10.9 Å². The Kier molecular flexibility index (Phi) is 4.69. The van der Waals surface area contributed by atoms with Crippen molar-refractivity contribution in [3.63, 3.8) is 0 Å². The van der Waals surface area contributed by atoms with Gasteiger partial charge in [-0.25, -0.2) is 9.97 Å². The van der Waals surface area contributed by atoms with Crippen LogP contribution in [0.4, 0.5) is 13.2 Å². The first-order chi connectivity index (χ1) is 13.3. The Hall–Kier alpha value is -2.35. The fourth-order valence-electron chi connectivity index (χ4n) is 3.91. The quantitative estimate of drug-likeness (QED) is 0.620. The first-order valence-electron chi connectivity index (χ1n) is 9.02. The minimum Gasteiger partial charge on any atom is -0.318 e. The summed E-state index contributed by atoms with van der Waals surface area (Å²) in [6.45, 7) is 0. The molecule has 2 aromatic heterocycles. The second kappa shape index (κ2) is 6.92. The van der Waals surface area contributed by atoms with E-state index >= 15 is 0 Å². The minimum absolute atomic E-state index is 0.0765.